The normalized spacial score (nSPS) is 10.3. The van der Waals surface area contributed by atoms with E-state index >= 15 is 0 Å². The van der Waals surface area contributed by atoms with Crippen molar-refractivity contribution < 1.29 is 14.3 Å². The quantitative estimate of drug-likeness (QED) is 0.842. The summed E-state index contributed by atoms with van der Waals surface area (Å²) in [4.78, 5) is 11.7. The molecule has 0 aliphatic rings. The van der Waals surface area contributed by atoms with Gasteiger partial charge in [0.1, 0.15) is 24.7 Å². The van der Waals surface area contributed by atoms with Gasteiger partial charge in [0.2, 0.25) is 0 Å². The van der Waals surface area contributed by atoms with Gasteiger partial charge in [0.15, 0.2) is 0 Å². The molecule has 0 radical (unpaired) electrons. The lowest BCUT2D eigenvalue weighted by Gasteiger charge is -2.10. The third-order valence-corrected chi connectivity index (χ3v) is 3.08. The fraction of sp³-hybridized carbons (Fsp3) is 0.231. The van der Waals surface area contributed by atoms with Crippen molar-refractivity contribution in [2.45, 2.75) is 13.2 Å². The lowest BCUT2D eigenvalue weighted by Crippen LogP contribution is -2.14. The molecule has 6 nitrogen and oxygen atoms in total. The summed E-state index contributed by atoms with van der Waals surface area (Å²) in [6.45, 7) is 0.158. The van der Waals surface area contributed by atoms with Gasteiger partial charge in [-0.2, -0.15) is 5.10 Å². The molecule has 0 bridgehead atoms. The SMILES string of the molecule is COc1ccc(Br)cc1COC(=O)Cn1ccc(N)n1. The number of nitrogens with zero attached hydrogens (tertiary/aromatic N) is 2. The predicted molar refractivity (Wildman–Crippen MR) is 77.1 cm³/mol. The molecule has 0 atom stereocenters. The molecule has 0 aliphatic heterocycles. The highest BCUT2D eigenvalue weighted by atomic mass is 79.9. The lowest BCUT2D eigenvalue weighted by molar-refractivity contribution is -0.145. The van der Waals surface area contributed by atoms with Crippen molar-refractivity contribution in [2.24, 2.45) is 0 Å². The van der Waals surface area contributed by atoms with Gasteiger partial charge >= 0.3 is 5.97 Å². The molecule has 1 heterocycles. The molecule has 2 rings (SSSR count). The predicted octanol–water partition coefficient (Wildman–Crippen LogP) is 1.98. The fourth-order valence-corrected chi connectivity index (χ4v) is 2.07. The minimum absolute atomic E-state index is 0.0213. The average molecular weight is 340 g/mol. The van der Waals surface area contributed by atoms with Gasteiger partial charge in [-0.3, -0.25) is 9.48 Å². The smallest absolute Gasteiger partial charge is 0.328 e. The summed E-state index contributed by atoms with van der Waals surface area (Å²) >= 11 is 3.37. The Morgan fingerprint density at radius 2 is 2.25 bits per heavy atom. The van der Waals surface area contributed by atoms with Crippen molar-refractivity contribution in [3.8, 4) is 5.75 Å². The van der Waals surface area contributed by atoms with Crippen LogP contribution in [0.3, 0.4) is 0 Å². The standard InChI is InChI=1S/C13H14BrN3O3/c1-19-11-3-2-10(14)6-9(11)8-20-13(18)7-17-5-4-12(15)16-17/h2-6H,7-8H2,1H3,(H2,15,16). The second-order valence-electron chi connectivity index (χ2n) is 4.06. The Morgan fingerprint density at radius 3 is 2.90 bits per heavy atom. The van der Waals surface area contributed by atoms with Crippen molar-refractivity contribution in [1.29, 1.82) is 0 Å². The minimum Gasteiger partial charge on any atom is -0.496 e. The Morgan fingerprint density at radius 1 is 1.45 bits per heavy atom. The Bertz CT molecular complexity index is 613. The first-order valence-electron chi connectivity index (χ1n) is 5.85. The number of ether oxygens (including phenoxy) is 2. The van der Waals surface area contributed by atoms with E-state index in [4.69, 9.17) is 15.2 Å². The molecule has 0 unspecified atom stereocenters. The van der Waals surface area contributed by atoms with Crippen molar-refractivity contribution in [1.82, 2.24) is 9.78 Å². The van der Waals surface area contributed by atoms with E-state index in [1.807, 2.05) is 12.1 Å². The molecule has 1 aromatic carbocycles. The maximum atomic E-state index is 11.7. The molecule has 2 N–H and O–H groups in total. The van der Waals surface area contributed by atoms with Gasteiger partial charge in [-0.1, -0.05) is 15.9 Å². The number of hydrogen-bond acceptors (Lipinski definition) is 5. The van der Waals surface area contributed by atoms with E-state index in [0.29, 0.717) is 11.6 Å². The summed E-state index contributed by atoms with van der Waals surface area (Å²) in [5.41, 5.74) is 6.26. The van der Waals surface area contributed by atoms with Gasteiger partial charge in [-0.05, 0) is 24.3 Å². The highest BCUT2D eigenvalue weighted by molar-refractivity contribution is 9.10. The summed E-state index contributed by atoms with van der Waals surface area (Å²) in [6, 6.07) is 7.13. The molecule has 2 aromatic rings. The van der Waals surface area contributed by atoms with E-state index in [0.717, 1.165) is 10.0 Å². The van der Waals surface area contributed by atoms with Crippen LogP contribution in [0.15, 0.2) is 34.9 Å². The first kappa shape index (κ1) is 14.4. The van der Waals surface area contributed by atoms with Crippen LogP contribution in [0, 0.1) is 0 Å². The van der Waals surface area contributed by atoms with Crippen molar-refractivity contribution in [2.75, 3.05) is 12.8 Å². The molecule has 0 spiro atoms. The lowest BCUT2D eigenvalue weighted by atomic mass is 10.2. The molecular formula is C13H14BrN3O3. The zero-order chi connectivity index (χ0) is 14.5. The Kier molecular flexibility index (Phi) is 4.62. The number of nitrogen functional groups attached to an aromatic ring is 1. The van der Waals surface area contributed by atoms with Crippen LogP contribution >= 0.6 is 15.9 Å². The highest BCUT2D eigenvalue weighted by Crippen LogP contribution is 2.23. The van der Waals surface area contributed by atoms with Gasteiger partial charge < -0.3 is 15.2 Å². The zero-order valence-electron chi connectivity index (χ0n) is 10.9. The summed E-state index contributed by atoms with van der Waals surface area (Å²) in [6.07, 6.45) is 1.62. The largest absolute Gasteiger partial charge is 0.496 e. The summed E-state index contributed by atoms with van der Waals surface area (Å²) < 4.78 is 12.7. The molecule has 7 heteroatoms. The number of benzene rings is 1. The molecular weight excluding hydrogens is 326 g/mol. The first-order valence-corrected chi connectivity index (χ1v) is 6.65. The van der Waals surface area contributed by atoms with Gasteiger partial charge in [0, 0.05) is 16.2 Å². The number of carbonyl (C=O) groups is 1. The van der Waals surface area contributed by atoms with Crippen molar-refractivity contribution in [3.05, 3.63) is 40.5 Å². The van der Waals surface area contributed by atoms with Crippen LogP contribution < -0.4 is 10.5 Å². The minimum atomic E-state index is -0.393. The maximum Gasteiger partial charge on any atom is 0.328 e. The Labute approximate surface area is 124 Å². The molecule has 0 fully saturated rings. The van der Waals surface area contributed by atoms with Gasteiger partial charge in [-0.15, -0.1) is 0 Å². The van der Waals surface area contributed by atoms with Gasteiger partial charge in [0.05, 0.1) is 7.11 Å². The monoisotopic (exact) mass is 339 g/mol. The van der Waals surface area contributed by atoms with Crippen LogP contribution in [0.2, 0.25) is 0 Å². The molecule has 0 amide bonds. The van der Waals surface area contributed by atoms with Crippen LogP contribution in [0.25, 0.3) is 0 Å². The summed E-state index contributed by atoms with van der Waals surface area (Å²) in [5, 5.41) is 3.91. The molecule has 20 heavy (non-hydrogen) atoms. The van der Waals surface area contributed by atoms with Gasteiger partial charge in [0.25, 0.3) is 0 Å². The first-order chi connectivity index (χ1) is 9.58. The number of aromatic nitrogens is 2. The zero-order valence-corrected chi connectivity index (χ0v) is 12.5. The second-order valence-corrected chi connectivity index (χ2v) is 4.97. The average Bonchev–Trinajstić information content (AvgIpc) is 2.82. The van der Waals surface area contributed by atoms with Gasteiger partial charge in [-0.25, -0.2) is 0 Å². The van der Waals surface area contributed by atoms with E-state index in [-0.39, 0.29) is 13.2 Å². The number of methoxy groups -OCH3 is 1. The fourth-order valence-electron chi connectivity index (χ4n) is 1.66. The third kappa shape index (κ3) is 3.74. The van der Waals surface area contributed by atoms with Crippen LogP contribution in [0.1, 0.15) is 5.56 Å². The molecule has 0 saturated heterocycles. The molecule has 106 valence electrons. The van der Waals surface area contributed by atoms with Crippen LogP contribution in [0.4, 0.5) is 5.82 Å². The number of anilines is 1. The summed E-state index contributed by atoms with van der Waals surface area (Å²) in [7, 11) is 1.57. The second kappa shape index (κ2) is 6.42. The number of rotatable bonds is 5. The molecule has 0 aliphatic carbocycles. The number of esters is 1. The topological polar surface area (TPSA) is 79.4 Å². The van der Waals surface area contributed by atoms with E-state index < -0.39 is 5.97 Å². The van der Waals surface area contributed by atoms with E-state index in [2.05, 4.69) is 21.0 Å². The highest BCUT2D eigenvalue weighted by Gasteiger charge is 2.09. The van der Waals surface area contributed by atoms with Crippen LogP contribution in [0.5, 0.6) is 5.75 Å². The van der Waals surface area contributed by atoms with E-state index in [1.165, 1.54) is 4.68 Å². The molecule has 1 aromatic heterocycles. The van der Waals surface area contributed by atoms with E-state index in [9.17, 15) is 4.79 Å². The van der Waals surface area contributed by atoms with E-state index in [1.54, 1.807) is 25.4 Å². The maximum absolute atomic E-state index is 11.7. The van der Waals surface area contributed by atoms with Crippen LogP contribution in [-0.2, 0) is 22.7 Å². The van der Waals surface area contributed by atoms with Crippen molar-refractivity contribution in [3.63, 3.8) is 0 Å². The Balaban J connectivity index is 1.94. The third-order valence-electron chi connectivity index (χ3n) is 2.58. The number of halogens is 1. The number of nitrogens with two attached hydrogens (primary N) is 1. The number of carbonyl (C=O) groups excluding carboxylic acids is 1. The van der Waals surface area contributed by atoms with Crippen molar-refractivity contribution >= 4 is 27.7 Å². The Hall–Kier alpha value is -2.02. The number of hydrogen-bond donors (Lipinski definition) is 1. The molecule has 0 saturated carbocycles. The van der Waals surface area contributed by atoms with Crippen LogP contribution in [-0.4, -0.2) is 22.9 Å². The summed E-state index contributed by atoms with van der Waals surface area (Å²) in [5.74, 6) is 0.644.